The van der Waals surface area contributed by atoms with E-state index in [9.17, 15) is 10.1 Å². The standard InChI is InChI=1S/C20H17ClN4O3S/c1-4-28-18-17-16(23-20(21)24-18)15-10(2)14(11(3)22-19(15)29-17)9-12-5-7-13(8-6-12)25(26)27/h5-8H,4,9H2,1-3H3. The van der Waals surface area contributed by atoms with Gasteiger partial charge in [0.2, 0.25) is 11.2 Å². The van der Waals surface area contributed by atoms with Crippen molar-refractivity contribution in [2.45, 2.75) is 27.2 Å². The number of nitro groups is 1. The molecule has 0 fully saturated rings. The number of fused-ring (bicyclic) bond motifs is 3. The van der Waals surface area contributed by atoms with Crippen LogP contribution in [0.25, 0.3) is 20.4 Å². The van der Waals surface area contributed by atoms with Crippen LogP contribution in [0.2, 0.25) is 5.28 Å². The number of ether oxygens (including phenoxy) is 1. The molecule has 4 rings (SSSR count). The summed E-state index contributed by atoms with van der Waals surface area (Å²) in [5.41, 5.74) is 4.84. The molecule has 148 valence electrons. The maximum absolute atomic E-state index is 10.9. The molecule has 0 aliphatic heterocycles. The molecule has 0 atom stereocenters. The lowest BCUT2D eigenvalue weighted by molar-refractivity contribution is -0.384. The summed E-state index contributed by atoms with van der Waals surface area (Å²) in [6, 6.07) is 6.60. The fourth-order valence-electron chi connectivity index (χ4n) is 3.41. The maximum atomic E-state index is 10.9. The molecule has 1 aromatic carbocycles. The number of aryl methyl sites for hydroxylation is 2. The van der Waals surface area contributed by atoms with Crippen molar-refractivity contribution in [3.63, 3.8) is 0 Å². The first-order valence-electron chi connectivity index (χ1n) is 9.01. The number of nitrogens with zero attached hydrogens (tertiary/aromatic N) is 4. The first-order chi connectivity index (χ1) is 13.9. The zero-order valence-electron chi connectivity index (χ0n) is 16.0. The van der Waals surface area contributed by atoms with E-state index in [1.165, 1.54) is 23.5 Å². The van der Waals surface area contributed by atoms with Crippen molar-refractivity contribution in [2.75, 3.05) is 6.61 Å². The average Bonchev–Trinajstić information content (AvgIpc) is 3.04. The minimum Gasteiger partial charge on any atom is -0.477 e. The van der Waals surface area contributed by atoms with Crippen molar-refractivity contribution < 1.29 is 9.66 Å². The number of halogens is 1. The largest absolute Gasteiger partial charge is 0.477 e. The maximum Gasteiger partial charge on any atom is 0.269 e. The number of thiophene rings is 1. The van der Waals surface area contributed by atoms with Crippen LogP contribution >= 0.6 is 22.9 Å². The molecule has 0 N–H and O–H groups in total. The van der Waals surface area contributed by atoms with E-state index in [2.05, 4.69) is 9.97 Å². The highest BCUT2D eigenvalue weighted by Gasteiger charge is 2.20. The third-order valence-electron chi connectivity index (χ3n) is 4.80. The van der Waals surface area contributed by atoms with Crippen molar-refractivity contribution >= 4 is 49.1 Å². The first kappa shape index (κ1) is 19.5. The third-order valence-corrected chi connectivity index (χ3v) is 6.03. The van der Waals surface area contributed by atoms with Gasteiger partial charge in [-0.3, -0.25) is 10.1 Å². The van der Waals surface area contributed by atoms with Crippen molar-refractivity contribution in [2.24, 2.45) is 0 Å². The van der Waals surface area contributed by atoms with Crippen LogP contribution in [-0.2, 0) is 6.42 Å². The van der Waals surface area contributed by atoms with Gasteiger partial charge in [-0.05, 0) is 55.5 Å². The summed E-state index contributed by atoms with van der Waals surface area (Å²) in [7, 11) is 0. The van der Waals surface area contributed by atoms with Crippen LogP contribution in [0.5, 0.6) is 5.88 Å². The van der Waals surface area contributed by atoms with Gasteiger partial charge >= 0.3 is 0 Å². The zero-order chi connectivity index (χ0) is 20.7. The summed E-state index contributed by atoms with van der Waals surface area (Å²) in [5.74, 6) is 0.472. The van der Waals surface area contributed by atoms with Crippen molar-refractivity contribution in [1.82, 2.24) is 15.0 Å². The molecule has 0 spiro atoms. The van der Waals surface area contributed by atoms with Gasteiger partial charge in [-0.1, -0.05) is 12.1 Å². The monoisotopic (exact) mass is 428 g/mol. The number of hydrogen-bond acceptors (Lipinski definition) is 7. The Morgan fingerprint density at radius 1 is 1.17 bits per heavy atom. The topological polar surface area (TPSA) is 91.0 Å². The summed E-state index contributed by atoms with van der Waals surface area (Å²) in [4.78, 5) is 24.8. The lowest BCUT2D eigenvalue weighted by Crippen LogP contribution is -2.00. The van der Waals surface area contributed by atoms with Gasteiger partial charge in [0, 0.05) is 23.2 Å². The molecule has 0 aliphatic rings. The van der Waals surface area contributed by atoms with Gasteiger partial charge in [0.1, 0.15) is 9.53 Å². The summed E-state index contributed by atoms with van der Waals surface area (Å²) >= 11 is 7.63. The van der Waals surface area contributed by atoms with Crippen LogP contribution in [-0.4, -0.2) is 26.5 Å². The molecule has 0 aliphatic carbocycles. The average molecular weight is 429 g/mol. The van der Waals surface area contributed by atoms with Gasteiger partial charge in [0.15, 0.2) is 0 Å². The Bertz CT molecular complexity index is 1250. The van der Waals surface area contributed by atoms with E-state index in [-0.39, 0.29) is 11.0 Å². The Hall–Kier alpha value is -2.84. The Balaban J connectivity index is 1.87. The van der Waals surface area contributed by atoms with Gasteiger partial charge < -0.3 is 4.74 Å². The predicted octanol–water partition coefficient (Wildman–Crippen LogP) is 5.41. The minimum absolute atomic E-state index is 0.0781. The number of nitro benzene ring substituents is 1. The van der Waals surface area contributed by atoms with Crippen LogP contribution in [0.1, 0.15) is 29.3 Å². The van der Waals surface area contributed by atoms with Crippen LogP contribution in [0.4, 0.5) is 5.69 Å². The highest BCUT2D eigenvalue weighted by atomic mass is 35.5. The normalized spacial score (nSPS) is 11.3. The van der Waals surface area contributed by atoms with Crippen LogP contribution < -0.4 is 4.74 Å². The molecule has 0 saturated heterocycles. The second-order valence-electron chi connectivity index (χ2n) is 6.59. The fraction of sp³-hybridized carbons (Fsp3) is 0.250. The van der Waals surface area contributed by atoms with Gasteiger partial charge in [-0.2, -0.15) is 4.98 Å². The second-order valence-corrected chi connectivity index (χ2v) is 7.93. The molecule has 3 aromatic heterocycles. The number of benzene rings is 1. The molecule has 7 nitrogen and oxygen atoms in total. The molecule has 3 heterocycles. The Kier molecular flexibility index (Phi) is 5.06. The van der Waals surface area contributed by atoms with E-state index in [0.717, 1.165) is 42.8 Å². The molecule has 9 heteroatoms. The number of pyridine rings is 1. The van der Waals surface area contributed by atoms with E-state index >= 15 is 0 Å². The van der Waals surface area contributed by atoms with Gasteiger partial charge in [0.05, 0.1) is 17.0 Å². The highest BCUT2D eigenvalue weighted by molar-refractivity contribution is 7.25. The fourth-order valence-corrected chi connectivity index (χ4v) is 4.73. The van der Waals surface area contributed by atoms with Crippen molar-refractivity contribution in [3.05, 3.63) is 62.0 Å². The number of hydrogen-bond donors (Lipinski definition) is 0. The number of aromatic nitrogens is 3. The molecule has 0 amide bonds. The summed E-state index contributed by atoms with van der Waals surface area (Å²) in [6.07, 6.45) is 0.618. The van der Waals surface area contributed by atoms with E-state index in [4.69, 9.17) is 21.3 Å². The van der Waals surface area contributed by atoms with Crippen LogP contribution in [0, 0.1) is 24.0 Å². The lowest BCUT2D eigenvalue weighted by Gasteiger charge is -2.11. The summed E-state index contributed by atoms with van der Waals surface area (Å²) in [5, 5.41) is 12.0. The number of rotatable bonds is 5. The highest BCUT2D eigenvalue weighted by Crippen LogP contribution is 2.40. The molecular formula is C20H17ClN4O3S. The third kappa shape index (κ3) is 3.49. The summed E-state index contributed by atoms with van der Waals surface area (Å²) in [6.45, 7) is 6.39. The minimum atomic E-state index is -0.398. The van der Waals surface area contributed by atoms with E-state index < -0.39 is 4.92 Å². The van der Waals surface area contributed by atoms with Gasteiger partial charge in [0.25, 0.3) is 5.69 Å². The van der Waals surface area contributed by atoms with Crippen LogP contribution in [0.15, 0.2) is 24.3 Å². The molecular weight excluding hydrogens is 412 g/mol. The van der Waals surface area contributed by atoms with E-state index in [1.54, 1.807) is 12.1 Å². The Labute approximate surface area is 175 Å². The lowest BCUT2D eigenvalue weighted by atomic mass is 9.97. The van der Waals surface area contributed by atoms with Crippen molar-refractivity contribution in [1.29, 1.82) is 0 Å². The molecule has 0 bridgehead atoms. The number of non-ortho nitro benzene ring substituents is 1. The molecule has 0 saturated carbocycles. The molecule has 4 aromatic rings. The smallest absolute Gasteiger partial charge is 0.269 e. The van der Waals surface area contributed by atoms with E-state index in [0.29, 0.717) is 18.9 Å². The summed E-state index contributed by atoms with van der Waals surface area (Å²) < 4.78 is 6.48. The molecule has 0 radical (unpaired) electrons. The quantitative estimate of drug-likeness (QED) is 0.240. The van der Waals surface area contributed by atoms with Gasteiger partial charge in [-0.15, -0.1) is 11.3 Å². The van der Waals surface area contributed by atoms with Crippen LogP contribution in [0.3, 0.4) is 0 Å². The predicted molar refractivity (Wildman–Crippen MR) is 114 cm³/mol. The molecule has 0 unspecified atom stereocenters. The van der Waals surface area contributed by atoms with E-state index in [1.807, 2.05) is 20.8 Å². The van der Waals surface area contributed by atoms with Gasteiger partial charge in [-0.25, -0.2) is 9.97 Å². The zero-order valence-corrected chi connectivity index (χ0v) is 17.6. The Morgan fingerprint density at radius 3 is 2.55 bits per heavy atom. The molecule has 29 heavy (non-hydrogen) atoms. The SMILES string of the molecule is CCOc1nc(Cl)nc2c1sc1nc(C)c(Cc3ccc([N+](=O)[O-])cc3)c(C)c12. The first-order valence-corrected chi connectivity index (χ1v) is 10.2. The van der Waals surface area contributed by atoms with Crippen molar-refractivity contribution in [3.8, 4) is 5.88 Å². The second kappa shape index (κ2) is 7.53. The Morgan fingerprint density at radius 2 is 1.90 bits per heavy atom.